The van der Waals surface area contributed by atoms with Crippen LogP contribution in [0.3, 0.4) is 0 Å². The zero-order valence-corrected chi connectivity index (χ0v) is 41.7. The second-order valence-electron chi connectivity index (χ2n) is 17.2. The summed E-state index contributed by atoms with van der Waals surface area (Å²) in [5, 5.41) is 12.0. The average molecular weight is 1080 g/mol. The molecular weight excluding hydrogens is 1030 g/mol. The van der Waals surface area contributed by atoms with Crippen molar-refractivity contribution < 1.29 is 85.2 Å². The highest BCUT2D eigenvalue weighted by molar-refractivity contribution is 7.47. The Bertz CT molecular complexity index is 3040. The van der Waals surface area contributed by atoms with E-state index in [4.69, 9.17) is 62.9 Å². The van der Waals surface area contributed by atoms with E-state index in [1.807, 2.05) is 30.3 Å². The molecule has 3 aliphatic rings. The van der Waals surface area contributed by atoms with Crippen LogP contribution in [0, 0.1) is 0 Å². The maximum atomic E-state index is 14.3. The van der Waals surface area contributed by atoms with Crippen LogP contribution in [0.2, 0.25) is 0 Å². The number of anilines is 2. The van der Waals surface area contributed by atoms with Gasteiger partial charge in [-0.15, -0.1) is 0 Å². The van der Waals surface area contributed by atoms with E-state index in [-0.39, 0.29) is 29.4 Å². The fourth-order valence-electron chi connectivity index (χ4n) is 9.02. The van der Waals surface area contributed by atoms with E-state index in [1.165, 1.54) is 37.4 Å². The molecule has 75 heavy (non-hydrogen) atoms. The Balaban J connectivity index is 1.01. The molecule has 10 atom stereocenters. The van der Waals surface area contributed by atoms with Gasteiger partial charge in [0.2, 0.25) is 0 Å². The topological polar surface area (TPSA) is 364 Å². The highest BCUT2D eigenvalue weighted by Crippen LogP contribution is 2.51. The zero-order valence-electron chi connectivity index (χ0n) is 39.9. The third kappa shape index (κ3) is 11.8. The molecule has 0 amide bonds. The number of aromatic nitrogens is 6. The van der Waals surface area contributed by atoms with Crippen LogP contribution in [-0.2, 0) is 61.5 Å². The zero-order chi connectivity index (χ0) is 53.1. The predicted molar refractivity (Wildman–Crippen MR) is 257 cm³/mol. The maximum Gasteiger partial charge on any atom is 0.472 e. The number of ether oxygens (including phenoxy) is 8. The van der Waals surface area contributed by atoms with Crippen molar-refractivity contribution in [3.8, 4) is 11.5 Å². The first-order valence-corrected chi connectivity index (χ1v) is 26.1. The summed E-state index contributed by atoms with van der Waals surface area (Å²) in [6.07, 6.45) is -9.37. The summed E-state index contributed by atoms with van der Waals surface area (Å²) < 4.78 is 91.9. The number of benzene rings is 3. The number of imidazole rings is 1. The number of hydrogen-bond donors (Lipinski definition) is 6. The fourth-order valence-corrected chi connectivity index (χ4v) is 10.3. The summed E-state index contributed by atoms with van der Waals surface area (Å²) in [4.78, 5) is 74.3. The number of esters is 1. The van der Waals surface area contributed by atoms with Crippen molar-refractivity contribution in [2.45, 2.75) is 73.8 Å². The number of methoxy groups -OCH3 is 2. The standard InChI is InChI=1S/C46H52N8O19P2/c1-63-29-14-10-27(11-15-29)46(26-7-4-3-5-8-26,28-12-16-30(64-2)17-13-28)66-23-34(55)71-38-31(69-43(37(38)56)54-25-51-36-41(48)49-24-50-42(36)54)22-68-75(61,62)73-39-32(21-67-74(58,59)60)70-44(40(39)72-35-9-6-20-65-35)53-19-18-33(47)52-45(53)57/h3-5,7-8,10-19,24-25,31-32,35,37-40,43-44,56H,6,9,20-23H2,1-2H3,(H,61,62)(H2,47,52,57)(H2,48,49,50)(H2,58,59,60)/t31-,32-,35?,37-,38-,39-,40-,43-,44-/m1/s1. The Kier molecular flexibility index (Phi) is 16.1. The van der Waals surface area contributed by atoms with Crippen LogP contribution in [0.4, 0.5) is 11.6 Å². The number of nitrogens with two attached hydrogens (primary N) is 2. The summed E-state index contributed by atoms with van der Waals surface area (Å²) in [6.45, 7) is -2.37. The summed E-state index contributed by atoms with van der Waals surface area (Å²) in [7, 11) is -7.59. The van der Waals surface area contributed by atoms with E-state index in [0.29, 0.717) is 41.0 Å². The Morgan fingerprint density at radius 3 is 2.07 bits per heavy atom. The lowest BCUT2D eigenvalue weighted by molar-refractivity contribution is -0.181. The van der Waals surface area contributed by atoms with Crippen molar-refractivity contribution in [1.82, 2.24) is 29.1 Å². The van der Waals surface area contributed by atoms with Gasteiger partial charge in [-0.05, 0) is 53.4 Å². The largest absolute Gasteiger partial charge is 0.497 e. The van der Waals surface area contributed by atoms with E-state index in [0.717, 1.165) is 10.9 Å². The number of phosphoric ester groups is 2. The van der Waals surface area contributed by atoms with E-state index in [2.05, 4.69) is 19.9 Å². The number of aliphatic hydroxyl groups excluding tert-OH is 1. The minimum Gasteiger partial charge on any atom is -0.497 e. The molecule has 0 radical (unpaired) electrons. The normalized spacial score (nSPS) is 24.8. The van der Waals surface area contributed by atoms with E-state index < -0.39 is 108 Å². The van der Waals surface area contributed by atoms with Gasteiger partial charge in [0, 0.05) is 19.2 Å². The van der Waals surface area contributed by atoms with Crippen molar-refractivity contribution in [3.05, 3.63) is 131 Å². The van der Waals surface area contributed by atoms with Crippen LogP contribution >= 0.6 is 15.6 Å². The van der Waals surface area contributed by atoms with E-state index >= 15 is 0 Å². The summed E-state index contributed by atoms with van der Waals surface area (Å²) in [5.74, 6) is -0.0574. The van der Waals surface area contributed by atoms with Gasteiger partial charge in [0.15, 0.2) is 36.3 Å². The smallest absolute Gasteiger partial charge is 0.472 e. The molecule has 3 fully saturated rings. The van der Waals surface area contributed by atoms with Crippen LogP contribution in [0.1, 0.15) is 42.0 Å². The van der Waals surface area contributed by atoms with Crippen molar-refractivity contribution >= 4 is 44.4 Å². The highest BCUT2D eigenvalue weighted by Gasteiger charge is 2.54. The Morgan fingerprint density at radius 1 is 0.800 bits per heavy atom. The first-order chi connectivity index (χ1) is 36.0. The lowest BCUT2D eigenvalue weighted by atomic mass is 9.80. The summed E-state index contributed by atoms with van der Waals surface area (Å²) in [6, 6.07) is 24.4. The second kappa shape index (κ2) is 22.5. The van der Waals surface area contributed by atoms with Crippen molar-refractivity contribution in [2.24, 2.45) is 0 Å². The van der Waals surface area contributed by atoms with Gasteiger partial charge in [0.1, 0.15) is 71.9 Å². The highest BCUT2D eigenvalue weighted by atomic mass is 31.2. The molecule has 3 aromatic heterocycles. The lowest BCUT2D eigenvalue weighted by Crippen LogP contribution is -2.42. The molecule has 0 saturated carbocycles. The molecule has 2 unspecified atom stereocenters. The van der Waals surface area contributed by atoms with Gasteiger partial charge in [0.05, 0.1) is 33.8 Å². The number of carbonyl (C=O) groups excluding carboxylic acids is 1. The quantitative estimate of drug-likeness (QED) is 0.0342. The van der Waals surface area contributed by atoms with Crippen LogP contribution in [-0.4, -0.2) is 138 Å². The molecule has 0 spiro atoms. The predicted octanol–water partition coefficient (Wildman–Crippen LogP) is 2.47. The molecule has 29 heteroatoms. The number of hydrogen-bond acceptors (Lipinski definition) is 22. The number of nitrogens with zero attached hydrogens (tertiary/aromatic N) is 6. The molecule has 0 bridgehead atoms. The van der Waals surface area contributed by atoms with Crippen molar-refractivity contribution in [3.63, 3.8) is 0 Å². The fraction of sp³-hybridized carbons (Fsp3) is 0.391. The first-order valence-electron chi connectivity index (χ1n) is 23.0. The maximum absolute atomic E-state index is 14.3. The Hall–Kier alpha value is -6.26. The number of carbonyl (C=O) groups is 1. The molecule has 3 saturated heterocycles. The van der Waals surface area contributed by atoms with Gasteiger partial charge in [0.25, 0.3) is 0 Å². The molecule has 3 aliphatic heterocycles. The Morgan fingerprint density at radius 2 is 1.44 bits per heavy atom. The number of rotatable bonds is 21. The number of phosphoric acid groups is 2. The molecule has 400 valence electrons. The molecule has 27 nitrogen and oxygen atoms in total. The Labute approximate surface area is 426 Å². The number of fused-ring (bicyclic) bond motifs is 1. The molecule has 3 aromatic carbocycles. The average Bonchev–Trinajstić information content (AvgIpc) is 4.21. The second-order valence-corrected chi connectivity index (χ2v) is 19.8. The number of aliphatic hydroxyl groups is 1. The van der Waals surface area contributed by atoms with E-state index in [1.54, 1.807) is 48.5 Å². The molecule has 8 N–H and O–H groups in total. The molecular formula is C46H52N8O19P2. The first kappa shape index (κ1) is 53.6. The summed E-state index contributed by atoms with van der Waals surface area (Å²) in [5.41, 5.74) is 11.4. The van der Waals surface area contributed by atoms with Crippen LogP contribution in [0.15, 0.2) is 109 Å². The lowest BCUT2D eigenvalue weighted by Gasteiger charge is -2.36. The van der Waals surface area contributed by atoms with Crippen molar-refractivity contribution in [1.29, 1.82) is 0 Å². The van der Waals surface area contributed by atoms with Gasteiger partial charge < -0.3 is 69.1 Å². The monoisotopic (exact) mass is 1080 g/mol. The minimum atomic E-state index is -5.45. The third-order valence-electron chi connectivity index (χ3n) is 12.5. The van der Waals surface area contributed by atoms with Gasteiger partial charge in [-0.1, -0.05) is 54.6 Å². The summed E-state index contributed by atoms with van der Waals surface area (Å²) >= 11 is 0. The van der Waals surface area contributed by atoms with Crippen LogP contribution in [0.25, 0.3) is 11.2 Å². The van der Waals surface area contributed by atoms with Crippen LogP contribution in [0.5, 0.6) is 11.5 Å². The molecule has 6 heterocycles. The molecule has 9 rings (SSSR count). The van der Waals surface area contributed by atoms with Gasteiger partial charge in [-0.2, -0.15) is 4.98 Å². The van der Waals surface area contributed by atoms with E-state index in [9.17, 15) is 38.5 Å². The third-order valence-corrected chi connectivity index (χ3v) is 14.0. The van der Waals surface area contributed by atoms with Gasteiger partial charge in [-0.25, -0.2) is 33.7 Å². The minimum absolute atomic E-state index is 0.00201. The molecule has 0 aliphatic carbocycles. The van der Waals surface area contributed by atoms with Gasteiger partial charge >= 0.3 is 27.3 Å². The SMILES string of the molecule is COc1ccc(C(OCC(=O)O[C@H]2[C@@H](O)[C@H](n3cnc4c(N)ncnc43)O[C@@H]2COP(=O)(O)O[C@H]2[C@@H](OC3CCCO3)[C@H](n3ccc(N)nc3=O)O[C@@H]2COP(=O)(O)O)(c2ccccc2)c2ccc(OC)cc2)cc1. The number of nitrogen functional groups attached to an aromatic ring is 2. The van der Waals surface area contributed by atoms with Gasteiger partial charge in [-0.3, -0.25) is 22.7 Å². The van der Waals surface area contributed by atoms with Crippen LogP contribution < -0.4 is 26.6 Å². The molecule has 6 aromatic rings. The van der Waals surface area contributed by atoms with Crippen molar-refractivity contribution in [2.75, 3.05) is 52.1 Å².